The van der Waals surface area contributed by atoms with Crippen molar-refractivity contribution in [2.75, 3.05) is 12.3 Å². The number of aliphatic hydroxyl groups excluding tert-OH is 1. The summed E-state index contributed by atoms with van der Waals surface area (Å²) >= 11 is 0. The molecule has 1 saturated heterocycles. The number of carbonyl (C=O) groups is 1. The molecule has 0 bridgehead atoms. The molecule has 0 spiro atoms. The molecule has 1 aromatic carbocycles. The third kappa shape index (κ3) is 6.20. The maximum Gasteiger partial charge on any atom is 0.459 e. The summed E-state index contributed by atoms with van der Waals surface area (Å²) in [5, 5.41) is 17.4. The van der Waals surface area contributed by atoms with Gasteiger partial charge in [-0.05, 0) is 39.3 Å². The topological polar surface area (TPSA) is 172 Å². The molecule has 1 unspecified atom stereocenters. The molecule has 0 saturated carbocycles. The number of nitrogens with zero attached hydrogens (tertiary/aromatic N) is 4. The quantitative estimate of drug-likeness (QED) is 0.229. The van der Waals surface area contributed by atoms with Crippen LogP contribution in [0.5, 0.6) is 5.75 Å². The lowest BCUT2D eigenvalue weighted by Crippen LogP contribution is -2.41. The highest BCUT2D eigenvalue weighted by atomic mass is 31.2. The van der Waals surface area contributed by atoms with Gasteiger partial charge in [-0.15, -0.1) is 0 Å². The molecule has 0 amide bonds. The summed E-state index contributed by atoms with van der Waals surface area (Å²) in [4.78, 5) is 20.5. The Morgan fingerprint density at radius 2 is 2.05 bits per heavy atom. The van der Waals surface area contributed by atoms with E-state index < -0.39 is 50.3 Å². The Morgan fingerprint density at radius 3 is 2.74 bits per heavy atom. The number of nitrogens with two attached hydrogens (primary N) is 1. The van der Waals surface area contributed by atoms with Crippen molar-refractivity contribution in [3.63, 3.8) is 0 Å². The van der Waals surface area contributed by atoms with E-state index in [4.69, 9.17) is 24.3 Å². The van der Waals surface area contributed by atoms with Crippen molar-refractivity contribution in [1.29, 1.82) is 0 Å². The van der Waals surface area contributed by atoms with Crippen LogP contribution >= 0.6 is 7.75 Å². The molecule has 1 aliphatic rings. The second-order valence-electron chi connectivity index (χ2n) is 9.42. The maximum atomic E-state index is 15.8. The monoisotopic (exact) mass is 566 g/mol. The summed E-state index contributed by atoms with van der Waals surface area (Å²) < 4.78 is 53.2. The van der Waals surface area contributed by atoms with Crippen LogP contribution < -0.4 is 15.3 Å². The van der Waals surface area contributed by atoms with Gasteiger partial charge >= 0.3 is 13.7 Å². The summed E-state index contributed by atoms with van der Waals surface area (Å²) in [7, 11) is -4.27. The maximum absolute atomic E-state index is 15.8. The van der Waals surface area contributed by atoms with Crippen molar-refractivity contribution in [2.45, 2.75) is 70.2 Å². The van der Waals surface area contributed by atoms with E-state index in [1.165, 1.54) is 24.0 Å². The molecule has 3 heterocycles. The van der Waals surface area contributed by atoms with Gasteiger partial charge in [0.15, 0.2) is 17.1 Å². The van der Waals surface area contributed by atoms with Crippen LogP contribution in [0.1, 0.15) is 45.9 Å². The third-order valence-corrected chi connectivity index (χ3v) is 8.00. The molecule has 2 aromatic heterocycles. The zero-order chi connectivity index (χ0) is 28.4. The predicted molar refractivity (Wildman–Crippen MR) is 137 cm³/mol. The zero-order valence-corrected chi connectivity index (χ0v) is 22.8. The molecule has 4 rings (SSSR count). The molecule has 13 nitrogen and oxygen atoms in total. The van der Waals surface area contributed by atoms with Gasteiger partial charge in [0, 0.05) is 0 Å². The summed E-state index contributed by atoms with van der Waals surface area (Å²) in [5.41, 5.74) is 3.90. The van der Waals surface area contributed by atoms with Gasteiger partial charge in [-0.2, -0.15) is 10.2 Å². The first kappa shape index (κ1) is 28.8. The van der Waals surface area contributed by atoms with Gasteiger partial charge in [-0.1, -0.05) is 25.1 Å². The highest BCUT2D eigenvalue weighted by Gasteiger charge is 2.56. The van der Waals surface area contributed by atoms with Crippen LogP contribution in [0.2, 0.25) is 0 Å². The zero-order valence-electron chi connectivity index (χ0n) is 21.9. The third-order valence-electron chi connectivity index (χ3n) is 6.36. The van der Waals surface area contributed by atoms with Crippen LogP contribution in [0.3, 0.4) is 0 Å². The number of esters is 1. The fourth-order valence-electron chi connectivity index (χ4n) is 3.98. The number of para-hydroxylation sites is 1. The highest BCUT2D eigenvalue weighted by Crippen LogP contribution is 2.48. The van der Waals surface area contributed by atoms with Gasteiger partial charge in [0.05, 0.1) is 24.6 Å². The number of halogens is 1. The van der Waals surface area contributed by atoms with E-state index in [9.17, 15) is 14.5 Å². The first-order valence-corrected chi connectivity index (χ1v) is 13.9. The number of hydrogen-bond donors (Lipinski definition) is 3. The van der Waals surface area contributed by atoms with Crippen LogP contribution in [0.4, 0.5) is 10.2 Å². The van der Waals surface area contributed by atoms with Crippen molar-refractivity contribution < 1.29 is 37.4 Å². The minimum Gasteiger partial charge on any atom is -0.462 e. The number of hydrogen-bond acceptors (Lipinski definition) is 11. The Kier molecular flexibility index (Phi) is 8.52. The fraction of sp³-hybridized carbons (Fsp3) is 0.500. The number of anilines is 1. The Morgan fingerprint density at radius 1 is 1.33 bits per heavy atom. The minimum atomic E-state index is -4.27. The SMILES string of the molecule is CC[C@@H](C)OC(=O)[C@@H](C)NP(=O)(OC[C@H]1O[C@@H](c2cnc3c(N)ncnn23)[C@](C)(F)[C@@H]1O)Oc1ccccc1. The van der Waals surface area contributed by atoms with Crippen molar-refractivity contribution in [2.24, 2.45) is 0 Å². The van der Waals surface area contributed by atoms with E-state index in [2.05, 4.69) is 20.2 Å². The molecule has 4 N–H and O–H groups in total. The Bertz CT molecular complexity index is 1340. The summed E-state index contributed by atoms with van der Waals surface area (Å²) in [6, 6.07) is 7.08. The second-order valence-corrected chi connectivity index (χ2v) is 11.1. The lowest BCUT2D eigenvalue weighted by molar-refractivity contribution is -0.150. The van der Waals surface area contributed by atoms with Gasteiger partial charge in [-0.25, -0.2) is 23.4 Å². The van der Waals surface area contributed by atoms with E-state index in [-0.39, 0.29) is 29.0 Å². The number of benzene rings is 1. The van der Waals surface area contributed by atoms with Crippen molar-refractivity contribution in [3.8, 4) is 5.75 Å². The number of imidazole rings is 1. The molecule has 3 aromatic rings. The largest absolute Gasteiger partial charge is 0.462 e. The Labute approximate surface area is 224 Å². The van der Waals surface area contributed by atoms with Crippen molar-refractivity contribution in [1.82, 2.24) is 24.7 Å². The molecule has 1 aliphatic heterocycles. The van der Waals surface area contributed by atoms with Gasteiger partial charge in [0.2, 0.25) is 0 Å². The lowest BCUT2D eigenvalue weighted by atomic mass is 9.93. The molecule has 7 atom stereocenters. The predicted octanol–water partition coefficient (Wildman–Crippen LogP) is 2.76. The van der Waals surface area contributed by atoms with Crippen molar-refractivity contribution >= 4 is 25.2 Å². The van der Waals surface area contributed by atoms with Crippen LogP contribution in [-0.4, -0.2) is 67.3 Å². The van der Waals surface area contributed by atoms with Gasteiger partial charge in [0.25, 0.3) is 0 Å². The summed E-state index contributed by atoms with van der Waals surface area (Å²) in [6.07, 6.45) is -1.52. The smallest absolute Gasteiger partial charge is 0.459 e. The lowest BCUT2D eigenvalue weighted by Gasteiger charge is -2.25. The number of aromatic nitrogens is 4. The standard InChI is InChI=1S/C24H32FN6O7P/c1-5-14(2)36-23(33)15(3)30-39(34,38-16-9-7-6-8-10-16)35-12-18-19(32)24(4,25)20(37-18)17-11-27-22-21(26)28-13-29-31(17)22/h6-11,13-15,18-20,32H,5,12H2,1-4H3,(H,30,34)(H2,26,28,29)/t14-,15-,18-,19-,20+,24-,39?/m1/s1. The number of carbonyl (C=O) groups excluding carboxylic acids is 1. The molecule has 212 valence electrons. The fourth-order valence-corrected chi connectivity index (χ4v) is 5.48. The number of fused-ring (bicyclic) bond motifs is 1. The molecule has 1 fully saturated rings. The molecule has 0 aliphatic carbocycles. The van der Waals surface area contributed by atoms with E-state index in [1.54, 1.807) is 37.3 Å². The average molecular weight is 567 g/mol. The molecule has 39 heavy (non-hydrogen) atoms. The van der Waals surface area contributed by atoms with Crippen LogP contribution in [0.15, 0.2) is 42.9 Å². The number of aliphatic hydroxyl groups is 1. The molecular formula is C24H32FN6O7P. The normalized spacial score (nSPS) is 26.2. The average Bonchev–Trinajstić information content (AvgIpc) is 3.42. The molecule has 0 radical (unpaired) electrons. The first-order valence-electron chi connectivity index (χ1n) is 12.4. The minimum absolute atomic E-state index is 0.0845. The number of rotatable bonds is 11. The van der Waals surface area contributed by atoms with Crippen LogP contribution in [0, 0.1) is 0 Å². The molecular weight excluding hydrogens is 534 g/mol. The van der Waals surface area contributed by atoms with Crippen molar-refractivity contribution in [3.05, 3.63) is 48.5 Å². The molecule has 15 heteroatoms. The van der Waals surface area contributed by atoms with Gasteiger partial charge in [0.1, 0.15) is 36.4 Å². The summed E-state index contributed by atoms with van der Waals surface area (Å²) in [5.74, 6) is -0.381. The highest BCUT2D eigenvalue weighted by molar-refractivity contribution is 7.52. The van der Waals surface area contributed by atoms with E-state index in [0.29, 0.717) is 6.42 Å². The number of nitrogens with one attached hydrogen (secondary N) is 1. The number of alkyl halides is 1. The van der Waals surface area contributed by atoms with Gasteiger partial charge < -0.3 is 24.8 Å². The Hall–Kier alpha value is -3.16. The van der Waals surface area contributed by atoms with E-state index >= 15 is 4.39 Å². The van der Waals surface area contributed by atoms with E-state index in [1.807, 2.05) is 6.92 Å². The first-order chi connectivity index (χ1) is 18.4. The van der Waals surface area contributed by atoms with E-state index in [0.717, 1.165) is 6.92 Å². The number of ether oxygens (including phenoxy) is 2. The number of nitrogen functional groups attached to an aromatic ring is 1. The Balaban J connectivity index is 1.53. The van der Waals surface area contributed by atoms with Crippen LogP contribution in [0.25, 0.3) is 5.65 Å². The second kappa shape index (κ2) is 11.5. The summed E-state index contributed by atoms with van der Waals surface area (Å²) in [6.45, 7) is 5.65. The van der Waals surface area contributed by atoms with Crippen LogP contribution in [-0.2, 0) is 23.4 Å². The van der Waals surface area contributed by atoms with Gasteiger partial charge in [-0.3, -0.25) is 9.32 Å².